The molecule has 22 heavy (non-hydrogen) atoms. The summed E-state index contributed by atoms with van der Waals surface area (Å²) in [5, 5.41) is 6.50. The second kappa shape index (κ2) is 7.04. The Morgan fingerprint density at radius 2 is 1.68 bits per heavy atom. The molecule has 4 nitrogen and oxygen atoms in total. The van der Waals surface area contributed by atoms with Crippen LogP contribution in [0.4, 0.5) is 17.5 Å². The van der Waals surface area contributed by atoms with Gasteiger partial charge in [0.2, 0.25) is 5.95 Å². The first-order valence-electron chi connectivity index (χ1n) is 6.94. The molecule has 110 valence electrons. The molecule has 0 aliphatic rings. The molecule has 2 N–H and O–H groups in total. The average molecular weight is 355 g/mol. The predicted molar refractivity (Wildman–Crippen MR) is 93.2 cm³/mol. The van der Waals surface area contributed by atoms with Crippen molar-refractivity contribution in [1.82, 2.24) is 9.97 Å². The third-order valence-electron chi connectivity index (χ3n) is 3.09. The van der Waals surface area contributed by atoms with Crippen LogP contribution in [0, 0.1) is 0 Å². The van der Waals surface area contributed by atoms with E-state index in [0.717, 1.165) is 22.5 Å². The minimum Gasteiger partial charge on any atom is -0.366 e. The Balaban J connectivity index is 1.69. The van der Waals surface area contributed by atoms with Crippen molar-refractivity contribution < 1.29 is 0 Å². The topological polar surface area (TPSA) is 49.8 Å². The second-order valence-electron chi connectivity index (χ2n) is 4.71. The van der Waals surface area contributed by atoms with Crippen LogP contribution in [-0.4, -0.2) is 9.97 Å². The van der Waals surface area contributed by atoms with E-state index in [4.69, 9.17) is 0 Å². The number of hydrogen-bond acceptors (Lipinski definition) is 4. The van der Waals surface area contributed by atoms with Crippen molar-refractivity contribution in [1.29, 1.82) is 0 Å². The number of hydrogen-bond donors (Lipinski definition) is 2. The minimum absolute atomic E-state index is 0.560. The molecule has 3 rings (SSSR count). The molecule has 0 spiro atoms. The number of rotatable bonds is 5. The third kappa shape index (κ3) is 3.83. The minimum atomic E-state index is 0.560. The first kappa shape index (κ1) is 14.5. The Morgan fingerprint density at radius 3 is 2.50 bits per heavy atom. The molecule has 1 aromatic heterocycles. The molecule has 0 amide bonds. The molecule has 0 fully saturated rings. The van der Waals surface area contributed by atoms with Gasteiger partial charge in [-0.15, -0.1) is 0 Å². The van der Waals surface area contributed by atoms with Crippen LogP contribution in [0.1, 0.15) is 5.56 Å². The molecule has 0 aliphatic heterocycles. The van der Waals surface area contributed by atoms with E-state index in [2.05, 4.69) is 48.7 Å². The van der Waals surface area contributed by atoms with E-state index >= 15 is 0 Å². The fourth-order valence-electron chi connectivity index (χ4n) is 1.99. The Labute approximate surface area is 137 Å². The van der Waals surface area contributed by atoms with Gasteiger partial charge in [-0.1, -0.05) is 42.5 Å². The highest BCUT2D eigenvalue weighted by Gasteiger charge is 2.02. The number of anilines is 3. The molecular weight excluding hydrogens is 340 g/mol. The third-order valence-corrected chi connectivity index (χ3v) is 3.78. The molecule has 0 bridgehead atoms. The zero-order chi connectivity index (χ0) is 15.2. The van der Waals surface area contributed by atoms with Gasteiger partial charge in [-0.3, -0.25) is 0 Å². The summed E-state index contributed by atoms with van der Waals surface area (Å²) < 4.78 is 0.973. The maximum atomic E-state index is 4.47. The number of halogens is 1. The van der Waals surface area contributed by atoms with Crippen molar-refractivity contribution >= 4 is 33.4 Å². The smallest absolute Gasteiger partial charge is 0.229 e. The summed E-state index contributed by atoms with van der Waals surface area (Å²) in [5.74, 6) is 1.35. The van der Waals surface area contributed by atoms with Crippen LogP contribution in [0.5, 0.6) is 0 Å². The lowest BCUT2D eigenvalue weighted by Crippen LogP contribution is -2.04. The van der Waals surface area contributed by atoms with Crippen molar-refractivity contribution in [3.05, 3.63) is 76.9 Å². The van der Waals surface area contributed by atoms with Crippen LogP contribution in [0.3, 0.4) is 0 Å². The van der Waals surface area contributed by atoms with Gasteiger partial charge < -0.3 is 10.6 Å². The van der Waals surface area contributed by atoms with Crippen molar-refractivity contribution in [2.75, 3.05) is 10.6 Å². The summed E-state index contributed by atoms with van der Waals surface area (Å²) in [5.41, 5.74) is 2.14. The molecule has 0 saturated carbocycles. The van der Waals surface area contributed by atoms with E-state index in [0.29, 0.717) is 5.95 Å². The van der Waals surface area contributed by atoms with Crippen molar-refractivity contribution in [2.24, 2.45) is 0 Å². The van der Waals surface area contributed by atoms with Gasteiger partial charge in [0.15, 0.2) is 0 Å². The van der Waals surface area contributed by atoms with Crippen molar-refractivity contribution in [3.63, 3.8) is 0 Å². The monoisotopic (exact) mass is 354 g/mol. The Morgan fingerprint density at radius 1 is 0.909 bits per heavy atom. The first-order chi connectivity index (χ1) is 10.8. The first-order valence-corrected chi connectivity index (χ1v) is 7.73. The number of nitrogens with one attached hydrogen (secondary N) is 2. The summed E-state index contributed by atoms with van der Waals surface area (Å²) >= 11 is 3.50. The largest absolute Gasteiger partial charge is 0.366 e. The van der Waals surface area contributed by atoms with E-state index in [9.17, 15) is 0 Å². The van der Waals surface area contributed by atoms with Crippen LogP contribution in [0.2, 0.25) is 0 Å². The van der Waals surface area contributed by atoms with Gasteiger partial charge in [0.1, 0.15) is 5.82 Å². The molecule has 0 atom stereocenters. The molecule has 0 unspecified atom stereocenters. The second-order valence-corrected chi connectivity index (χ2v) is 5.56. The number of nitrogens with zero attached hydrogens (tertiary/aromatic N) is 2. The standard InChI is InChI=1S/C17H15BrN4/c18-14-8-4-5-9-15(14)21-17-19-11-10-16(22-17)20-12-13-6-2-1-3-7-13/h1-11H,12H2,(H2,19,20,21,22). The molecule has 1 heterocycles. The highest BCUT2D eigenvalue weighted by atomic mass is 79.9. The maximum Gasteiger partial charge on any atom is 0.229 e. The van der Waals surface area contributed by atoms with E-state index in [1.807, 2.05) is 48.5 Å². The Kier molecular flexibility index (Phi) is 4.65. The van der Waals surface area contributed by atoms with Gasteiger partial charge in [0, 0.05) is 17.2 Å². The van der Waals surface area contributed by atoms with Crippen LogP contribution < -0.4 is 10.6 Å². The van der Waals surface area contributed by atoms with Crippen molar-refractivity contribution in [3.8, 4) is 0 Å². The van der Waals surface area contributed by atoms with Crippen LogP contribution in [0.25, 0.3) is 0 Å². The van der Waals surface area contributed by atoms with Gasteiger partial charge in [0.25, 0.3) is 0 Å². The van der Waals surface area contributed by atoms with Gasteiger partial charge in [-0.05, 0) is 39.7 Å². The van der Waals surface area contributed by atoms with Crippen LogP contribution in [-0.2, 0) is 6.54 Å². The molecule has 2 aromatic carbocycles. The Hall–Kier alpha value is -2.40. The zero-order valence-corrected chi connectivity index (χ0v) is 13.4. The number of benzene rings is 2. The molecule has 0 saturated heterocycles. The lowest BCUT2D eigenvalue weighted by atomic mass is 10.2. The molecule has 5 heteroatoms. The van der Waals surface area contributed by atoms with Gasteiger partial charge in [0.05, 0.1) is 5.69 Å². The number of para-hydroxylation sites is 1. The normalized spacial score (nSPS) is 10.2. The molecule has 0 radical (unpaired) electrons. The molecule has 3 aromatic rings. The van der Waals surface area contributed by atoms with Gasteiger partial charge in [-0.25, -0.2) is 4.98 Å². The summed E-state index contributed by atoms with van der Waals surface area (Å²) in [6, 6.07) is 19.9. The summed E-state index contributed by atoms with van der Waals surface area (Å²) in [4.78, 5) is 8.72. The average Bonchev–Trinajstić information content (AvgIpc) is 2.57. The highest BCUT2D eigenvalue weighted by molar-refractivity contribution is 9.10. The van der Waals surface area contributed by atoms with E-state index < -0.39 is 0 Å². The predicted octanol–water partition coefficient (Wildman–Crippen LogP) is 4.59. The lowest BCUT2D eigenvalue weighted by molar-refractivity contribution is 1.08. The summed E-state index contributed by atoms with van der Waals surface area (Å²) in [6.45, 7) is 0.728. The highest BCUT2D eigenvalue weighted by Crippen LogP contribution is 2.24. The van der Waals surface area contributed by atoms with Crippen LogP contribution >= 0.6 is 15.9 Å². The zero-order valence-electron chi connectivity index (χ0n) is 11.8. The van der Waals surface area contributed by atoms with Gasteiger partial charge >= 0.3 is 0 Å². The fourth-order valence-corrected chi connectivity index (χ4v) is 2.37. The lowest BCUT2D eigenvalue weighted by Gasteiger charge is -2.09. The summed E-state index contributed by atoms with van der Waals surface area (Å²) in [6.07, 6.45) is 1.74. The van der Waals surface area contributed by atoms with E-state index in [-0.39, 0.29) is 0 Å². The molecule has 0 aliphatic carbocycles. The molecular formula is C17H15BrN4. The van der Waals surface area contributed by atoms with E-state index in [1.54, 1.807) is 6.20 Å². The SMILES string of the molecule is Brc1ccccc1Nc1nccc(NCc2ccccc2)n1. The van der Waals surface area contributed by atoms with Crippen molar-refractivity contribution in [2.45, 2.75) is 6.54 Å². The summed E-state index contributed by atoms with van der Waals surface area (Å²) in [7, 11) is 0. The number of aromatic nitrogens is 2. The Bertz CT molecular complexity index is 746. The van der Waals surface area contributed by atoms with Crippen LogP contribution in [0.15, 0.2) is 71.3 Å². The van der Waals surface area contributed by atoms with Gasteiger partial charge in [-0.2, -0.15) is 4.98 Å². The fraction of sp³-hybridized carbons (Fsp3) is 0.0588. The quantitative estimate of drug-likeness (QED) is 0.703. The maximum absolute atomic E-state index is 4.47. The van der Waals surface area contributed by atoms with E-state index in [1.165, 1.54) is 5.56 Å².